The predicted octanol–water partition coefficient (Wildman–Crippen LogP) is 0.000700. The Hall–Kier alpha value is -0.260. The average molecular weight is 220 g/mol. The molecule has 84 valence electrons. The maximum atomic E-state index is 11.0. The minimum atomic E-state index is 0.0382. The molecule has 0 bridgehead atoms. The van der Waals surface area contributed by atoms with Crippen LogP contribution in [0, 0.1) is 0 Å². The molecule has 14 heavy (non-hydrogen) atoms. The molecule has 0 rings (SSSR count). The van der Waals surface area contributed by atoms with Crippen molar-refractivity contribution in [3.8, 4) is 0 Å². The fourth-order valence-electron chi connectivity index (χ4n) is 0.802. The van der Waals surface area contributed by atoms with E-state index in [1.165, 1.54) is 0 Å². The van der Waals surface area contributed by atoms with E-state index in [0.717, 1.165) is 6.54 Å². The van der Waals surface area contributed by atoms with Crippen molar-refractivity contribution in [2.24, 2.45) is 0 Å². The lowest BCUT2D eigenvalue weighted by atomic mass is 10.4. The highest BCUT2D eigenvalue weighted by atomic mass is 32.1. The normalized spacial score (nSPS) is 10.6. The van der Waals surface area contributed by atoms with Gasteiger partial charge in [0.25, 0.3) is 0 Å². The van der Waals surface area contributed by atoms with Gasteiger partial charge in [0, 0.05) is 19.5 Å². The second kappa shape index (κ2) is 9.30. The van der Waals surface area contributed by atoms with Crippen LogP contribution in [0.2, 0.25) is 0 Å². The van der Waals surface area contributed by atoms with Crippen LogP contribution in [-0.4, -0.2) is 57.0 Å². The minimum Gasteiger partial charge on any atom is -0.378 e. The summed E-state index contributed by atoms with van der Waals surface area (Å²) >= 11 is 3.96. The summed E-state index contributed by atoms with van der Waals surface area (Å²) in [5.41, 5.74) is 0. The molecule has 0 radical (unpaired) electrons. The number of thiol groups is 1. The molecule has 5 heteroatoms. The van der Waals surface area contributed by atoms with E-state index in [-0.39, 0.29) is 5.91 Å². The number of likely N-dealkylation sites (N-methyl/N-ethyl adjacent to an activating group) is 1. The molecule has 4 nitrogen and oxygen atoms in total. The molecule has 0 aromatic rings. The summed E-state index contributed by atoms with van der Waals surface area (Å²) in [5, 5.41) is 2.75. The number of nitrogens with zero attached hydrogens (tertiary/aromatic N) is 1. The highest BCUT2D eigenvalue weighted by Crippen LogP contribution is 1.83. The molecule has 0 atom stereocenters. The average Bonchev–Trinajstić information content (AvgIpc) is 2.11. The Morgan fingerprint density at radius 3 is 2.71 bits per heavy atom. The van der Waals surface area contributed by atoms with E-state index in [1.807, 2.05) is 14.1 Å². The van der Waals surface area contributed by atoms with Crippen molar-refractivity contribution in [2.75, 3.05) is 46.2 Å². The Balaban J connectivity index is 3.09. The monoisotopic (exact) mass is 220 g/mol. The molecule has 0 aliphatic carbocycles. The molecule has 0 fully saturated rings. The number of carbonyl (C=O) groups is 1. The Morgan fingerprint density at radius 2 is 2.14 bits per heavy atom. The van der Waals surface area contributed by atoms with Crippen molar-refractivity contribution in [3.05, 3.63) is 0 Å². The van der Waals surface area contributed by atoms with Gasteiger partial charge in [0.2, 0.25) is 5.91 Å². The first-order chi connectivity index (χ1) is 6.66. The topological polar surface area (TPSA) is 41.6 Å². The standard InChI is InChI=1S/C9H20N2O2S/c1-11(2)5-7-13-6-4-10-9(12)3-8-14/h14H,3-8H2,1-2H3,(H,10,12). The summed E-state index contributed by atoms with van der Waals surface area (Å²) in [6, 6.07) is 0. The van der Waals surface area contributed by atoms with Crippen molar-refractivity contribution in [2.45, 2.75) is 6.42 Å². The van der Waals surface area contributed by atoms with E-state index >= 15 is 0 Å². The van der Waals surface area contributed by atoms with Gasteiger partial charge in [-0.25, -0.2) is 0 Å². The first-order valence-corrected chi connectivity index (χ1v) is 5.40. The van der Waals surface area contributed by atoms with Crippen molar-refractivity contribution in [1.29, 1.82) is 0 Å². The smallest absolute Gasteiger partial charge is 0.220 e. The third kappa shape index (κ3) is 9.83. The van der Waals surface area contributed by atoms with Crippen LogP contribution in [0.5, 0.6) is 0 Å². The molecule has 0 unspecified atom stereocenters. The van der Waals surface area contributed by atoms with Gasteiger partial charge in [0.1, 0.15) is 0 Å². The number of hydrogen-bond acceptors (Lipinski definition) is 4. The number of nitrogens with one attached hydrogen (secondary N) is 1. The van der Waals surface area contributed by atoms with Crippen LogP contribution in [0.25, 0.3) is 0 Å². The van der Waals surface area contributed by atoms with Gasteiger partial charge in [0.05, 0.1) is 13.2 Å². The summed E-state index contributed by atoms with van der Waals surface area (Å²) in [4.78, 5) is 13.0. The number of rotatable bonds is 8. The molecule has 0 aliphatic heterocycles. The third-order valence-electron chi connectivity index (χ3n) is 1.59. The first-order valence-electron chi connectivity index (χ1n) is 4.77. The molecule has 0 spiro atoms. The van der Waals surface area contributed by atoms with Crippen LogP contribution >= 0.6 is 12.6 Å². The molecule has 0 aromatic heterocycles. The molecule has 0 saturated carbocycles. The number of amides is 1. The second-order valence-electron chi connectivity index (χ2n) is 3.24. The fraction of sp³-hybridized carbons (Fsp3) is 0.889. The highest BCUT2D eigenvalue weighted by Gasteiger charge is 1.97. The predicted molar refractivity (Wildman–Crippen MR) is 60.9 cm³/mol. The van der Waals surface area contributed by atoms with Gasteiger partial charge >= 0.3 is 0 Å². The van der Waals surface area contributed by atoms with Crippen molar-refractivity contribution >= 4 is 18.5 Å². The number of ether oxygens (including phenoxy) is 1. The van der Waals surface area contributed by atoms with Crippen molar-refractivity contribution in [3.63, 3.8) is 0 Å². The molecule has 0 aliphatic rings. The van der Waals surface area contributed by atoms with Gasteiger partial charge in [-0.15, -0.1) is 0 Å². The zero-order chi connectivity index (χ0) is 10.8. The maximum absolute atomic E-state index is 11.0. The first kappa shape index (κ1) is 13.7. The van der Waals surface area contributed by atoms with Gasteiger partial charge in [-0.05, 0) is 19.8 Å². The van der Waals surface area contributed by atoms with E-state index in [2.05, 4.69) is 22.8 Å². The summed E-state index contributed by atoms with van der Waals surface area (Å²) in [6.45, 7) is 2.77. The van der Waals surface area contributed by atoms with Crippen LogP contribution in [0.1, 0.15) is 6.42 Å². The molecular weight excluding hydrogens is 200 g/mol. The van der Waals surface area contributed by atoms with Gasteiger partial charge in [-0.2, -0.15) is 12.6 Å². The third-order valence-corrected chi connectivity index (χ3v) is 1.81. The second-order valence-corrected chi connectivity index (χ2v) is 3.69. The highest BCUT2D eigenvalue weighted by molar-refractivity contribution is 7.80. The molecule has 1 amide bonds. The van der Waals surface area contributed by atoms with E-state index in [9.17, 15) is 4.79 Å². The van der Waals surface area contributed by atoms with Crippen LogP contribution in [0.15, 0.2) is 0 Å². The summed E-state index contributed by atoms with van der Waals surface area (Å²) in [5.74, 6) is 0.629. The molecule has 1 N–H and O–H groups in total. The number of carbonyl (C=O) groups excluding carboxylic acids is 1. The van der Waals surface area contributed by atoms with E-state index in [1.54, 1.807) is 0 Å². The van der Waals surface area contributed by atoms with E-state index < -0.39 is 0 Å². The fourth-order valence-corrected chi connectivity index (χ4v) is 1.00. The zero-order valence-electron chi connectivity index (χ0n) is 8.95. The lowest BCUT2D eigenvalue weighted by molar-refractivity contribution is -0.120. The van der Waals surface area contributed by atoms with Gasteiger partial charge in [-0.1, -0.05) is 0 Å². The molecule has 0 saturated heterocycles. The summed E-state index contributed by atoms with van der Waals surface area (Å²) in [6.07, 6.45) is 0.473. The SMILES string of the molecule is CN(C)CCOCCNC(=O)CCS. The van der Waals surface area contributed by atoms with E-state index in [4.69, 9.17) is 4.74 Å². The van der Waals surface area contributed by atoms with Gasteiger partial charge in [0.15, 0.2) is 0 Å². The van der Waals surface area contributed by atoms with E-state index in [0.29, 0.717) is 31.9 Å². The van der Waals surface area contributed by atoms with Gasteiger partial charge < -0.3 is 15.0 Å². The van der Waals surface area contributed by atoms with Crippen LogP contribution < -0.4 is 5.32 Å². The molecule has 0 heterocycles. The lowest BCUT2D eigenvalue weighted by Crippen LogP contribution is -2.28. The quantitative estimate of drug-likeness (QED) is 0.447. The minimum absolute atomic E-state index is 0.0382. The Labute approximate surface area is 91.4 Å². The van der Waals surface area contributed by atoms with Gasteiger partial charge in [-0.3, -0.25) is 4.79 Å². The summed E-state index contributed by atoms with van der Waals surface area (Å²) < 4.78 is 5.30. The number of hydrogen-bond donors (Lipinski definition) is 2. The lowest BCUT2D eigenvalue weighted by Gasteiger charge is -2.10. The Morgan fingerprint density at radius 1 is 1.43 bits per heavy atom. The largest absolute Gasteiger partial charge is 0.378 e. The summed E-state index contributed by atoms with van der Waals surface area (Å²) in [7, 11) is 4.00. The van der Waals surface area contributed by atoms with Crippen LogP contribution in [-0.2, 0) is 9.53 Å². The zero-order valence-corrected chi connectivity index (χ0v) is 9.85. The maximum Gasteiger partial charge on any atom is 0.220 e. The molecule has 0 aromatic carbocycles. The van der Waals surface area contributed by atoms with Crippen LogP contribution in [0.3, 0.4) is 0 Å². The Bertz CT molecular complexity index is 154. The van der Waals surface area contributed by atoms with Crippen molar-refractivity contribution < 1.29 is 9.53 Å². The van der Waals surface area contributed by atoms with Crippen LogP contribution in [0.4, 0.5) is 0 Å². The Kier molecular flexibility index (Phi) is 9.13. The van der Waals surface area contributed by atoms with Crippen molar-refractivity contribution in [1.82, 2.24) is 10.2 Å². The molecular formula is C9H20N2O2S.